The maximum absolute atomic E-state index is 13.3. The molecule has 0 aromatic carbocycles. The van der Waals surface area contributed by atoms with Gasteiger partial charge in [-0.3, -0.25) is 4.79 Å². The third kappa shape index (κ3) is 4.42. The number of amides is 1. The van der Waals surface area contributed by atoms with Gasteiger partial charge < -0.3 is 26.1 Å². The molecule has 10 nitrogen and oxygen atoms in total. The van der Waals surface area contributed by atoms with Crippen molar-refractivity contribution in [1.82, 2.24) is 25.3 Å². The Morgan fingerprint density at radius 3 is 2.82 bits per heavy atom. The molecule has 2 aromatic heterocycles. The summed E-state index contributed by atoms with van der Waals surface area (Å²) in [5.41, 5.74) is 12.1. The first kappa shape index (κ1) is 22.8. The summed E-state index contributed by atoms with van der Waals surface area (Å²) in [4.78, 5) is 28.7. The number of methoxy groups -OCH3 is 1. The summed E-state index contributed by atoms with van der Waals surface area (Å²) >= 11 is 0. The lowest BCUT2D eigenvalue weighted by Crippen LogP contribution is -2.46. The Morgan fingerprint density at radius 1 is 1.30 bits per heavy atom. The van der Waals surface area contributed by atoms with E-state index in [1.165, 1.54) is 0 Å². The first-order valence-electron chi connectivity index (χ1n) is 11.2. The van der Waals surface area contributed by atoms with Crippen LogP contribution in [-0.4, -0.2) is 64.4 Å². The van der Waals surface area contributed by atoms with Crippen molar-refractivity contribution in [1.29, 1.82) is 0 Å². The molecule has 2 atom stereocenters. The van der Waals surface area contributed by atoms with E-state index in [9.17, 15) is 4.79 Å². The number of hydrogen-bond donors (Lipinski definition) is 3. The second-order valence-corrected chi connectivity index (χ2v) is 8.87. The molecule has 1 saturated heterocycles. The third-order valence-corrected chi connectivity index (χ3v) is 6.58. The van der Waals surface area contributed by atoms with Crippen LogP contribution in [0, 0.1) is 13.8 Å². The molecule has 0 saturated carbocycles. The van der Waals surface area contributed by atoms with Gasteiger partial charge >= 0.3 is 0 Å². The lowest BCUT2D eigenvalue weighted by molar-refractivity contribution is -0.131. The summed E-state index contributed by atoms with van der Waals surface area (Å²) < 4.78 is 5.25. The molecule has 2 aliphatic heterocycles. The fraction of sp³-hybridized carbons (Fsp3) is 0.522. The van der Waals surface area contributed by atoms with Gasteiger partial charge in [0.1, 0.15) is 11.6 Å². The second-order valence-electron chi connectivity index (χ2n) is 8.87. The number of rotatable bonds is 5. The molecule has 2 aliphatic rings. The molecule has 10 heteroatoms. The van der Waals surface area contributed by atoms with E-state index in [-0.39, 0.29) is 17.4 Å². The molecule has 1 fully saturated rings. The van der Waals surface area contributed by atoms with Gasteiger partial charge in [-0.25, -0.2) is 9.97 Å². The van der Waals surface area contributed by atoms with E-state index >= 15 is 0 Å². The highest BCUT2D eigenvalue weighted by Crippen LogP contribution is 2.37. The predicted octanol–water partition coefficient (Wildman–Crippen LogP) is 1.47. The molecule has 0 unspecified atom stereocenters. The molecular formula is C23H32N8O2. The van der Waals surface area contributed by atoms with Gasteiger partial charge in [0.25, 0.3) is 0 Å². The predicted molar refractivity (Wildman–Crippen MR) is 126 cm³/mol. The number of nitrogens with zero attached hydrogens (tertiary/aromatic N) is 5. The summed E-state index contributed by atoms with van der Waals surface area (Å²) in [6.45, 7) is 6.97. The minimum absolute atomic E-state index is 0.0650. The Bertz CT molecular complexity index is 1100. The molecule has 176 valence electrons. The van der Waals surface area contributed by atoms with E-state index in [2.05, 4.69) is 31.9 Å². The molecule has 0 aliphatic carbocycles. The first-order valence-corrected chi connectivity index (χ1v) is 11.2. The molecule has 4 heterocycles. The van der Waals surface area contributed by atoms with Crippen LogP contribution < -0.4 is 21.2 Å². The average Bonchev–Trinajstić information content (AvgIpc) is 3.20. The fourth-order valence-electron chi connectivity index (χ4n) is 4.73. The molecule has 4 N–H and O–H groups in total. The third-order valence-electron chi connectivity index (χ3n) is 6.58. The summed E-state index contributed by atoms with van der Waals surface area (Å²) in [6, 6.07) is 3.81. The normalized spacial score (nSPS) is 20.9. The smallest absolute Gasteiger partial charge is 0.231 e. The Kier molecular flexibility index (Phi) is 6.09. The first-order chi connectivity index (χ1) is 15.7. The van der Waals surface area contributed by atoms with Crippen LogP contribution >= 0.6 is 0 Å². The zero-order valence-corrected chi connectivity index (χ0v) is 19.9. The largest absolute Gasteiger partial charge is 0.481 e. The van der Waals surface area contributed by atoms with Crippen LogP contribution in [-0.2, 0) is 11.2 Å². The number of carbonyl (C=O) groups excluding carboxylic acids is 1. The standard InChI is InChI=1S/C23H32N8O2/c1-13(18-11-19(33-5)28-15(3)27-18)22(32)31-9-8-23(12-31)7-6-16-10-17(20(24)30-25-4)14(2)26-21(16)29-23/h10-11,13,25H,6-9,12H2,1-5H3,(H2,24,30)(H,26,29)/t13-,23+/m0/s1. The Balaban J connectivity index is 1.50. The zero-order valence-electron chi connectivity index (χ0n) is 19.9. The second kappa shape index (κ2) is 8.84. The number of anilines is 1. The van der Waals surface area contributed by atoms with Crippen molar-refractivity contribution >= 4 is 17.6 Å². The van der Waals surface area contributed by atoms with E-state index < -0.39 is 0 Å². The minimum atomic E-state index is -0.371. The van der Waals surface area contributed by atoms with Crippen molar-refractivity contribution in [3.8, 4) is 5.88 Å². The van der Waals surface area contributed by atoms with Gasteiger partial charge in [-0.1, -0.05) is 0 Å². The van der Waals surface area contributed by atoms with Gasteiger partial charge in [-0.15, -0.1) is 0 Å². The highest BCUT2D eigenvalue weighted by Gasteiger charge is 2.43. The number of fused-ring (bicyclic) bond motifs is 1. The number of hydrogen-bond acceptors (Lipinski definition) is 8. The summed E-state index contributed by atoms with van der Waals surface area (Å²) in [7, 11) is 3.28. The lowest BCUT2D eigenvalue weighted by Gasteiger charge is -2.36. The molecular weight excluding hydrogens is 420 g/mol. The van der Waals surface area contributed by atoms with Crippen molar-refractivity contribution in [2.45, 2.75) is 51.5 Å². The van der Waals surface area contributed by atoms with Crippen molar-refractivity contribution in [2.24, 2.45) is 10.8 Å². The Morgan fingerprint density at radius 2 is 2.09 bits per heavy atom. The van der Waals surface area contributed by atoms with Crippen molar-refractivity contribution in [3.05, 3.63) is 40.5 Å². The van der Waals surface area contributed by atoms with Crippen LogP contribution in [0.2, 0.25) is 0 Å². The van der Waals surface area contributed by atoms with Crippen molar-refractivity contribution < 1.29 is 9.53 Å². The molecule has 4 rings (SSSR count). The Labute approximate surface area is 194 Å². The highest BCUT2D eigenvalue weighted by atomic mass is 16.5. The lowest BCUT2D eigenvalue weighted by atomic mass is 9.86. The number of carbonyl (C=O) groups is 1. The van der Waals surface area contributed by atoms with Crippen molar-refractivity contribution in [2.75, 3.05) is 32.6 Å². The summed E-state index contributed by atoms with van der Waals surface area (Å²) in [5, 5.41) is 7.74. The molecule has 2 aromatic rings. The maximum Gasteiger partial charge on any atom is 0.231 e. The molecule has 33 heavy (non-hydrogen) atoms. The van der Waals surface area contributed by atoms with E-state index in [0.29, 0.717) is 36.3 Å². The average molecular weight is 453 g/mol. The number of pyridine rings is 1. The summed E-state index contributed by atoms with van der Waals surface area (Å²) in [6.07, 6.45) is 2.67. The topological polar surface area (TPSA) is 131 Å². The van der Waals surface area contributed by atoms with Gasteiger partial charge in [0.2, 0.25) is 11.8 Å². The number of nitrogens with one attached hydrogen (secondary N) is 2. The quantitative estimate of drug-likeness (QED) is 0.353. The van der Waals surface area contributed by atoms with E-state index in [1.807, 2.05) is 18.7 Å². The SMILES string of the molecule is CN/N=C(\N)c1cc2c(nc1C)N[C@]1(CC2)CCN(C(=O)[C@@H](C)c2cc(OC)nc(C)n2)C1. The van der Waals surface area contributed by atoms with Gasteiger partial charge in [0.05, 0.1) is 30.0 Å². The van der Waals surface area contributed by atoms with Gasteiger partial charge in [0.15, 0.2) is 5.84 Å². The molecule has 0 bridgehead atoms. The van der Waals surface area contributed by atoms with Crippen LogP contribution in [0.4, 0.5) is 5.82 Å². The number of aromatic nitrogens is 3. The fourth-order valence-corrected chi connectivity index (χ4v) is 4.73. The number of amidine groups is 1. The molecule has 0 radical (unpaired) electrons. The Hall–Kier alpha value is -3.43. The zero-order chi connectivity index (χ0) is 23.8. The molecule has 1 amide bonds. The van der Waals surface area contributed by atoms with E-state index in [0.717, 1.165) is 41.9 Å². The maximum atomic E-state index is 13.3. The minimum Gasteiger partial charge on any atom is -0.481 e. The number of aryl methyl sites for hydroxylation is 3. The van der Waals surface area contributed by atoms with Gasteiger partial charge in [-0.05, 0) is 51.7 Å². The van der Waals surface area contributed by atoms with Crippen LogP contribution in [0.25, 0.3) is 0 Å². The van der Waals surface area contributed by atoms with Gasteiger partial charge in [-0.2, -0.15) is 10.1 Å². The van der Waals surface area contributed by atoms with Crippen LogP contribution in [0.1, 0.15) is 54.0 Å². The van der Waals surface area contributed by atoms with Crippen molar-refractivity contribution in [3.63, 3.8) is 0 Å². The number of likely N-dealkylation sites (tertiary alicyclic amines) is 1. The van der Waals surface area contributed by atoms with Crippen LogP contribution in [0.5, 0.6) is 5.88 Å². The highest BCUT2D eigenvalue weighted by molar-refractivity contribution is 5.98. The number of ether oxygens (including phenoxy) is 1. The summed E-state index contributed by atoms with van der Waals surface area (Å²) in [5.74, 6) is 2.06. The number of hydrazone groups is 1. The molecule has 1 spiro atoms. The number of nitrogens with two attached hydrogens (primary N) is 1. The van der Waals surface area contributed by atoms with Crippen LogP contribution in [0.3, 0.4) is 0 Å². The van der Waals surface area contributed by atoms with E-state index in [1.54, 1.807) is 27.1 Å². The van der Waals surface area contributed by atoms with Gasteiger partial charge in [0, 0.05) is 31.8 Å². The van der Waals surface area contributed by atoms with Crippen LogP contribution in [0.15, 0.2) is 17.2 Å². The van der Waals surface area contributed by atoms with E-state index in [4.69, 9.17) is 15.5 Å². The monoisotopic (exact) mass is 452 g/mol.